The average molecular weight is 517 g/mol. The molecule has 1 heterocycles. The molecule has 0 radical (unpaired) electrons. The van der Waals surface area contributed by atoms with E-state index in [0.717, 1.165) is 58.3 Å². The van der Waals surface area contributed by atoms with E-state index in [1.165, 1.54) is 37.7 Å². The van der Waals surface area contributed by atoms with Gasteiger partial charge in [0.15, 0.2) is 5.69 Å². The second kappa shape index (κ2) is 9.92. The molecule has 3 aromatic rings. The van der Waals surface area contributed by atoms with Gasteiger partial charge in [0.1, 0.15) is 0 Å². The van der Waals surface area contributed by atoms with E-state index < -0.39 is 0 Å². The molecule has 194 valence electrons. The van der Waals surface area contributed by atoms with Gasteiger partial charge in [0.2, 0.25) is 0 Å². The van der Waals surface area contributed by atoms with Crippen LogP contribution in [0.25, 0.3) is 16.9 Å². The summed E-state index contributed by atoms with van der Waals surface area (Å²) in [5, 5.41) is 12.5. The zero-order valence-corrected chi connectivity index (χ0v) is 22.8. The van der Waals surface area contributed by atoms with Crippen LogP contribution in [-0.2, 0) is 0 Å². The van der Waals surface area contributed by atoms with Gasteiger partial charge in [-0.15, -0.1) is 0 Å². The monoisotopic (exact) mass is 516 g/mol. The predicted octanol–water partition coefficient (Wildman–Crippen LogP) is 6.26. The average Bonchev–Trinajstić information content (AvgIpc) is 3.20. The number of nitrogens with one attached hydrogen (secondary N) is 2. The van der Waals surface area contributed by atoms with E-state index in [4.69, 9.17) is 16.7 Å². The number of aryl methyl sites for hydroxylation is 2. The van der Waals surface area contributed by atoms with Gasteiger partial charge in [0.25, 0.3) is 5.91 Å². The Labute approximate surface area is 225 Å². The zero-order chi connectivity index (χ0) is 25.7. The van der Waals surface area contributed by atoms with Crippen LogP contribution in [0.3, 0.4) is 0 Å². The number of halogens is 1. The molecule has 37 heavy (non-hydrogen) atoms. The molecular formula is C31H37ClN4O. The molecule has 7 rings (SSSR count). The number of benzene rings is 2. The molecule has 0 spiro atoms. The van der Waals surface area contributed by atoms with E-state index in [1.54, 1.807) is 0 Å². The number of aromatic nitrogens is 2. The fourth-order valence-electron chi connectivity index (χ4n) is 7.63. The van der Waals surface area contributed by atoms with Crippen LogP contribution in [0.15, 0.2) is 42.5 Å². The second-order valence-corrected chi connectivity index (χ2v) is 12.1. The molecule has 4 aliphatic rings. The number of carbonyl (C=O) groups excluding carboxylic acids is 1. The summed E-state index contributed by atoms with van der Waals surface area (Å²) in [6.45, 7) is 7.56. The van der Waals surface area contributed by atoms with E-state index in [0.29, 0.717) is 23.3 Å². The normalized spacial score (nSPS) is 26.0. The van der Waals surface area contributed by atoms with Crippen molar-refractivity contribution in [3.05, 3.63) is 69.9 Å². The molecule has 4 bridgehead atoms. The minimum Gasteiger partial charge on any atom is -0.349 e. The molecule has 0 unspecified atom stereocenters. The van der Waals surface area contributed by atoms with Gasteiger partial charge in [-0.2, -0.15) is 5.10 Å². The van der Waals surface area contributed by atoms with Crippen molar-refractivity contribution in [2.75, 3.05) is 13.1 Å². The zero-order valence-electron chi connectivity index (χ0n) is 22.1. The van der Waals surface area contributed by atoms with Crippen LogP contribution in [0, 0.1) is 44.4 Å². The van der Waals surface area contributed by atoms with Crippen molar-refractivity contribution in [3.8, 4) is 16.9 Å². The summed E-state index contributed by atoms with van der Waals surface area (Å²) in [6, 6.07) is 14.7. The molecule has 2 N–H and O–H groups in total. The van der Waals surface area contributed by atoms with E-state index >= 15 is 0 Å². The Morgan fingerprint density at radius 3 is 2.27 bits per heavy atom. The molecular weight excluding hydrogens is 480 g/mol. The Hall–Kier alpha value is -2.63. The molecule has 6 heteroatoms. The number of nitrogens with zero attached hydrogens (tertiary/aromatic N) is 2. The first-order valence-electron chi connectivity index (χ1n) is 13.8. The lowest BCUT2D eigenvalue weighted by atomic mass is 9.54. The Bertz CT molecular complexity index is 1280. The second-order valence-electron chi connectivity index (χ2n) is 11.7. The molecule has 0 aliphatic heterocycles. The van der Waals surface area contributed by atoms with Crippen LogP contribution < -0.4 is 10.6 Å². The maximum absolute atomic E-state index is 13.3. The molecule has 0 atom stereocenters. The molecule has 1 amide bonds. The van der Waals surface area contributed by atoms with Gasteiger partial charge in [-0.25, -0.2) is 4.68 Å². The van der Waals surface area contributed by atoms with Crippen molar-refractivity contribution in [2.24, 2.45) is 23.7 Å². The molecule has 4 aliphatic carbocycles. The minimum atomic E-state index is -0.122. The van der Waals surface area contributed by atoms with E-state index in [9.17, 15) is 4.79 Å². The van der Waals surface area contributed by atoms with Gasteiger partial charge in [0, 0.05) is 35.3 Å². The first-order chi connectivity index (χ1) is 17.9. The standard InChI is InChI=1S/C31H37ClN4O/c1-18-4-9-27(19(2)12-18)36-30(23-5-7-26(32)8-6-23)20(3)28(35-36)31(37)34-11-10-33-29-24-14-21-13-22(16-24)17-25(29)15-21/h4-9,12,21-22,24-25,29,33H,10-11,13-17H2,1-3H3,(H,34,37)/t21-,22+,24-,25+,29?. The Morgan fingerprint density at radius 1 is 0.946 bits per heavy atom. The van der Waals surface area contributed by atoms with Gasteiger partial charge >= 0.3 is 0 Å². The van der Waals surface area contributed by atoms with Crippen molar-refractivity contribution >= 4 is 17.5 Å². The Morgan fingerprint density at radius 2 is 1.62 bits per heavy atom. The third-order valence-corrected chi connectivity index (χ3v) is 9.30. The molecule has 4 fully saturated rings. The summed E-state index contributed by atoms with van der Waals surface area (Å²) in [5.74, 6) is 3.51. The van der Waals surface area contributed by atoms with Crippen LogP contribution >= 0.6 is 11.6 Å². The highest BCUT2D eigenvalue weighted by Crippen LogP contribution is 2.53. The quantitative estimate of drug-likeness (QED) is 0.364. The first-order valence-corrected chi connectivity index (χ1v) is 14.2. The molecule has 4 saturated carbocycles. The number of hydrogen-bond acceptors (Lipinski definition) is 3. The maximum atomic E-state index is 13.3. The van der Waals surface area contributed by atoms with E-state index in [2.05, 4.69) is 42.7 Å². The van der Waals surface area contributed by atoms with Crippen LogP contribution in [0.1, 0.15) is 59.3 Å². The maximum Gasteiger partial charge on any atom is 0.272 e. The number of rotatable bonds is 7. The lowest BCUT2D eigenvalue weighted by molar-refractivity contribution is -0.0133. The number of hydrogen-bond donors (Lipinski definition) is 2. The van der Waals surface area contributed by atoms with Crippen molar-refractivity contribution in [1.82, 2.24) is 20.4 Å². The van der Waals surface area contributed by atoms with Gasteiger partial charge in [-0.1, -0.05) is 41.4 Å². The van der Waals surface area contributed by atoms with Crippen LogP contribution in [0.5, 0.6) is 0 Å². The number of carbonyl (C=O) groups is 1. The SMILES string of the molecule is Cc1ccc(-n2nc(C(=O)NCCNC3[C@H]4C[C@@H]5C[C@@H](C[C@H]3C5)C4)c(C)c2-c2ccc(Cl)cc2)c(C)c1. The van der Waals surface area contributed by atoms with Crippen molar-refractivity contribution < 1.29 is 4.79 Å². The van der Waals surface area contributed by atoms with Gasteiger partial charge in [-0.05, 0) is 100 Å². The van der Waals surface area contributed by atoms with Gasteiger partial charge in [0.05, 0.1) is 11.4 Å². The molecule has 1 aromatic heterocycles. The third kappa shape index (κ3) is 4.72. The van der Waals surface area contributed by atoms with E-state index in [1.807, 2.05) is 35.9 Å². The third-order valence-electron chi connectivity index (χ3n) is 9.05. The first kappa shape index (κ1) is 24.7. The predicted molar refractivity (Wildman–Crippen MR) is 149 cm³/mol. The summed E-state index contributed by atoms with van der Waals surface area (Å²) in [4.78, 5) is 13.3. The topological polar surface area (TPSA) is 59.0 Å². The minimum absolute atomic E-state index is 0.122. The fraction of sp³-hybridized carbons (Fsp3) is 0.484. The van der Waals surface area contributed by atoms with Crippen LogP contribution in [0.2, 0.25) is 5.02 Å². The van der Waals surface area contributed by atoms with Crippen molar-refractivity contribution in [3.63, 3.8) is 0 Å². The smallest absolute Gasteiger partial charge is 0.272 e. The number of amides is 1. The van der Waals surface area contributed by atoms with Crippen molar-refractivity contribution in [2.45, 2.75) is 58.9 Å². The fourth-order valence-corrected chi connectivity index (χ4v) is 7.76. The van der Waals surface area contributed by atoms with Crippen molar-refractivity contribution in [1.29, 1.82) is 0 Å². The summed E-state index contributed by atoms with van der Waals surface area (Å²) >= 11 is 6.17. The summed E-state index contributed by atoms with van der Waals surface area (Å²) < 4.78 is 1.91. The van der Waals surface area contributed by atoms with E-state index in [-0.39, 0.29) is 5.91 Å². The summed E-state index contributed by atoms with van der Waals surface area (Å²) in [7, 11) is 0. The Balaban J connectivity index is 1.19. The largest absolute Gasteiger partial charge is 0.349 e. The van der Waals surface area contributed by atoms with Crippen LogP contribution in [0.4, 0.5) is 0 Å². The van der Waals surface area contributed by atoms with Gasteiger partial charge in [-0.3, -0.25) is 4.79 Å². The molecule has 0 saturated heterocycles. The highest BCUT2D eigenvalue weighted by atomic mass is 35.5. The van der Waals surface area contributed by atoms with Crippen LogP contribution in [-0.4, -0.2) is 34.8 Å². The highest BCUT2D eigenvalue weighted by Gasteiger charge is 2.47. The van der Waals surface area contributed by atoms with Gasteiger partial charge < -0.3 is 10.6 Å². The molecule has 2 aromatic carbocycles. The summed E-state index contributed by atoms with van der Waals surface area (Å²) in [5.41, 5.74) is 6.53. The highest BCUT2D eigenvalue weighted by molar-refractivity contribution is 6.30. The lowest BCUT2D eigenvalue weighted by Gasteiger charge is -2.54. The molecule has 5 nitrogen and oxygen atoms in total. The summed E-state index contributed by atoms with van der Waals surface area (Å²) in [6.07, 6.45) is 7.08. The Kier molecular flexibility index (Phi) is 6.62. The lowest BCUT2D eigenvalue weighted by Crippen LogP contribution is -2.55.